The molecule has 2 N–H and O–H groups in total. The van der Waals surface area contributed by atoms with Crippen molar-refractivity contribution in [2.45, 2.75) is 45.3 Å². The number of benzene rings is 1. The van der Waals surface area contributed by atoms with Crippen molar-refractivity contribution < 1.29 is 4.79 Å². The molecule has 0 aliphatic heterocycles. The lowest BCUT2D eigenvalue weighted by Gasteiger charge is -2.13. The Labute approximate surface area is 103 Å². The van der Waals surface area contributed by atoms with Crippen molar-refractivity contribution in [1.82, 2.24) is 10.6 Å². The minimum absolute atomic E-state index is 0.111. The fraction of sp³-hybridized carbons (Fsp3) is 0.500. The predicted molar refractivity (Wildman–Crippen MR) is 68.6 cm³/mol. The number of hydrogen-bond acceptors (Lipinski definition) is 2. The molecule has 0 saturated heterocycles. The number of rotatable bonds is 5. The maximum absolute atomic E-state index is 11.7. The molecule has 1 aromatic rings. The molecule has 1 aromatic carbocycles. The number of hydrogen-bond donors (Lipinski definition) is 2. The van der Waals surface area contributed by atoms with E-state index >= 15 is 0 Å². The van der Waals surface area contributed by atoms with Crippen LogP contribution >= 0.6 is 0 Å². The largest absolute Gasteiger partial charge is 0.352 e. The summed E-state index contributed by atoms with van der Waals surface area (Å²) in [5, 5.41) is 6.25. The summed E-state index contributed by atoms with van der Waals surface area (Å²) < 4.78 is 0. The molecule has 17 heavy (non-hydrogen) atoms. The number of carbonyl (C=O) groups excluding carboxylic acids is 1. The molecule has 92 valence electrons. The fourth-order valence-corrected chi connectivity index (χ4v) is 1.74. The topological polar surface area (TPSA) is 41.1 Å². The van der Waals surface area contributed by atoms with Gasteiger partial charge >= 0.3 is 0 Å². The summed E-state index contributed by atoms with van der Waals surface area (Å²) in [6.07, 6.45) is 2.27. The highest BCUT2D eigenvalue weighted by molar-refractivity contribution is 5.81. The van der Waals surface area contributed by atoms with Gasteiger partial charge in [-0.3, -0.25) is 4.79 Å². The second-order valence-electron chi connectivity index (χ2n) is 4.87. The van der Waals surface area contributed by atoms with Gasteiger partial charge in [0.05, 0.1) is 6.04 Å². The van der Waals surface area contributed by atoms with E-state index in [1.165, 1.54) is 11.1 Å². The van der Waals surface area contributed by atoms with Crippen molar-refractivity contribution in [3.8, 4) is 0 Å². The Bertz CT molecular complexity index is 399. The van der Waals surface area contributed by atoms with Crippen LogP contribution in [0.4, 0.5) is 0 Å². The first-order valence-corrected chi connectivity index (χ1v) is 6.24. The Morgan fingerprint density at radius 2 is 2.24 bits per heavy atom. The van der Waals surface area contributed by atoms with Gasteiger partial charge in [-0.05, 0) is 32.3 Å². The fourth-order valence-electron chi connectivity index (χ4n) is 1.74. The number of carbonyl (C=O) groups is 1. The summed E-state index contributed by atoms with van der Waals surface area (Å²) >= 11 is 0. The maximum atomic E-state index is 11.7. The van der Waals surface area contributed by atoms with Crippen LogP contribution in [0.25, 0.3) is 0 Å². The average molecular weight is 232 g/mol. The molecule has 0 heterocycles. The van der Waals surface area contributed by atoms with Crippen molar-refractivity contribution in [2.24, 2.45) is 0 Å². The van der Waals surface area contributed by atoms with Gasteiger partial charge in [-0.15, -0.1) is 0 Å². The molecule has 1 amide bonds. The summed E-state index contributed by atoms with van der Waals surface area (Å²) in [4.78, 5) is 11.7. The molecule has 0 spiro atoms. The molecule has 1 atom stereocenters. The Morgan fingerprint density at radius 3 is 2.88 bits per heavy atom. The first kappa shape index (κ1) is 12.1. The van der Waals surface area contributed by atoms with Crippen LogP contribution in [0.15, 0.2) is 24.3 Å². The molecule has 0 radical (unpaired) electrons. The minimum atomic E-state index is -0.129. The van der Waals surface area contributed by atoms with E-state index in [-0.39, 0.29) is 11.9 Å². The van der Waals surface area contributed by atoms with Gasteiger partial charge in [0, 0.05) is 12.6 Å². The first-order chi connectivity index (χ1) is 8.15. The number of amides is 1. The summed E-state index contributed by atoms with van der Waals surface area (Å²) in [6.45, 7) is 4.72. The van der Waals surface area contributed by atoms with Crippen LogP contribution < -0.4 is 10.6 Å². The van der Waals surface area contributed by atoms with Crippen LogP contribution in [0, 0.1) is 6.92 Å². The Hall–Kier alpha value is -1.35. The van der Waals surface area contributed by atoms with E-state index in [1.54, 1.807) is 0 Å². The zero-order valence-electron chi connectivity index (χ0n) is 10.5. The smallest absolute Gasteiger partial charge is 0.237 e. The number of nitrogens with one attached hydrogen (secondary N) is 2. The van der Waals surface area contributed by atoms with Gasteiger partial charge < -0.3 is 10.6 Å². The van der Waals surface area contributed by atoms with E-state index in [1.807, 2.05) is 13.0 Å². The second kappa shape index (κ2) is 5.32. The molecule has 3 heteroatoms. The lowest BCUT2D eigenvalue weighted by atomic mass is 10.1. The van der Waals surface area contributed by atoms with Crippen LogP contribution in [0.3, 0.4) is 0 Å². The Morgan fingerprint density at radius 1 is 1.47 bits per heavy atom. The summed E-state index contributed by atoms with van der Waals surface area (Å²) in [7, 11) is 0. The van der Waals surface area contributed by atoms with Gasteiger partial charge in [0.1, 0.15) is 0 Å². The van der Waals surface area contributed by atoms with E-state index in [9.17, 15) is 4.79 Å². The highest BCUT2D eigenvalue weighted by atomic mass is 16.2. The standard InChI is InChI=1S/C14H20N2O/c1-10-4-3-5-12(8-10)9-15-11(2)14(17)16-13-6-7-13/h3-5,8,11,13,15H,6-7,9H2,1-2H3,(H,16,17). The van der Waals surface area contributed by atoms with E-state index in [0.29, 0.717) is 6.04 Å². The molecule has 3 nitrogen and oxygen atoms in total. The van der Waals surface area contributed by atoms with Gasteiger partial charge in [-0.25, -0.2) is 0 Å². The van der Waals surface area contributed by atoms with E-state index < -0.39 is 0 Å². The zero-order valence-corrected chi connectivity index (χ0v) is 10.5. The molecule has 1 fully saturated rings. The highest BCUT2D eigenvalue weighted by Gasteiger charge is 2.25. The van der Waals surface area contributed by atoms with E-state index in [0.717, 1.165) is 19.4 Å². The molecular weight excluding hydrogens is 212 g/mol. The van der Waals surface area contributed by atoms with Crippen molar-refractivity contribution in [2.75, 3.05) is 0 Å². The van der Waals surface area contributed by atoms with Crippen LogP contribution in [-0.2, 0) is 11.3 Å². The van der Waals surface area contributed by atoms with Gasteiger partial charge in [0.25, 0.3) is 0 Å². The van der Waals surface area contributed by atoms with Crippen LogP contribution in [0.5, 0.6) is 0 Å². The second-order valence-corrected chi connectivity index (χ2v) is 4.87. The maximum Gasteiger partial charge on any atom is 0.237 e. The number of aryl methyl sites for hydroxylation is 1. The van der Waals surface area contributed by atoms with Crippen molar-refractivity contribution in [3.63, 3.8) is 0 Å². The molecule has 1 aliphatic carbocycles. The van der Waals surface area contributed by atoms with Crippen LogP contribution in [0.1, 0.15) is 30.9 Å². The molecule has 2 rings (SSSR count). The third-order valence-electron chi connectivity index (χ3n) is 3.01. The monoisotopic (exact) mass is 232 g/mol. The molecule has 1 aliphatic rings. The van der Waals surface area contributed by atoms with Gasteiger partial charge in [-0.2, -0.15) is 0 Å². The van der Waals surface area contributed by atoms with Crippen molar-refractivity contribution in [1.29, 1.82) is 0 Å². The van der Waals surface area contributed by atoms with Crippen molar-refractivity contribution in [3.05, 3.63) is 35.4 Å². The Kier molecular flexibility index (Phi) is 3.79. The lowest BCUT2D eigenvalue weighted by molar-refractivity contribution is -0.122. The molecule has 1 unspecified atom stereocenters. The predicted octanol–water partition coefficient (Wildman–Crippen LogP) is 1.75. The molecule has 1 saturated carbocycles. The van der Waals surface area contributed by atoms with Crippen LogP contribution in [-0.4, -0.2) is 18.0 Å². The average Bonchev–Trinajstić information content (AvgIpc) is 3.10. The van der Waals surface area contributed by atoms with Gasteiger partial charge in [0.15, 0.2) is 0 Å². The lowest BCUT2D eigenvalue weighted by Crippen LogP contribution is -2.42. The van der Waals surface area contributed by atoms with Gasteiger partial charge in [0.2, 0.25) is 5.91 Å². The minimum Gasteiger partial charge on any atom is -0.352 e. The van der Waals surface area contributed by atoms with Gasteiger partial charge in [-0.1, -0.05) is 29.8 Å². The van der Waals surface area contributed by atoms with E-state index in [2.05, 4.69) is 35.8 Å². The molecule has 0 aromatic heterocycles. The van der Waals surface area contributed by atoms with Crippen molar-refractivity contribution >= 4 is 5.91 Å². The zero-order chi connectivity index (χ0) is 12.3. The summed E-state index contributed by atoms with van der Waals surface area (Å²) in [5.41, 5.74) is 2.47. The molecular formula is C14H20N2O. The highest BCUT2D eigenvalue weighted by Crippen LogP contribution is 2.18. The third-order valence-corrected chi connectivity index (χ3v) is 3.01. The first-order valence-electron chi connectivity index (χ1n) is 6.24. The molecule has 0 bridgehead atoms. The van der Waals surface area contributed by atoms with E-state index in [4.69, 9.17) is 0 Å². The van der Waals surface area contributed by atoms with Crippen LogP contribution in [0.2, 0.25) is 0 Å². The quantitative estimate of drug-likeness (QED) is 0.812. The third kappa shape index (κ3) is 3.86. The Balaban J connectivity index is 1.78. The summed E-state index contributed by atoms with van der Waals surface area (Å²) in [6, 6.07) is 8.64. The SMILES string of the molecule is Cc1cccc(CNC(C)C(=O)NC2CC2)c1. The normalized spacial score (nSPS) is 16.6. The summed E-state index contributed by atoms with van der Waals surface area (Å²) in [5.74, 6) is 0.111.